The van der Waals surface area contributed by atoms with E-state index >= 15 is 0 Å². The van der Waals surface area contributed by atoms with Crippen LogP contribution < -0.4 is 11.2 Å². The van der Waals surface area contributed by atoms with E-state index in [1.165, 1.54) is 4.57 Å². The van der Waals surface area contributed by atoms with Crippen LogP contribution in [-0.4, -0.2) is 9.55 Å². The number of nitriles is 1. The Morgan fingerprint density at radius 2 is 2.33 bits per heavy atom. The fourth-order valence-corrected chi connectivity index (χ4v) is 0.927. The maximum Gasteiger partial charge on any atom is 0.329 e. The lowest BCUT2D eigenvalue weighted by atomic mass is 10.4. The van der Waals surface area contributed by atoms with Crippen LogP contribution in [0.2, 0.25) is 0 Å². The van der Waals surface area contributed by atoms with Crippen molar-refractivity contribution >= 4 is 0 Å². The molecule has 5 nitrogen and oxygen atoms in total. The average molecular weight is 165 g/mol. The van der Waals surface area contributed by atoms with Gasteiger partial charge in [0.25, 0.3) is 5.56 Å². The summed E-state index contributed by atoms with van der Waals surface area (Å²) < 4.78 is 1.20. The third-order valence-corrected chi connectivity index (χ3v) is 1.46. The molecule has 1 rings (SSSR count). The highest BCUT2D eigenvalue weighted by molar-refractivity contribution is 5.18. The summed E-state index contributed by atoms with van der Waals surface area (Å²) in [4.78, 5) is 23.8. The number of hydrogen-bond donors (Lipinski definition) is 1. The van der Waals surface area contributed by atoms with Crippen molar-refractivity contribution in [3.63, 3.8) is 0 Å². The van der Waals surface area contributed by atoms with Crippen LogP contribution in [0.5, 0.6) is 0 Å². The maximum atomic E-state index is 11.0. The number of H-pyrrole nitrogens is 1. The number of aromatic amines is 1. The third-order valence-electron chi connectivity index (χ3n) is 1.46. The SMILES string of the molecule is CCn1c(C#N)cc(=O)[nH]c1=O. The first-order chi connectivity index (χ1) is 5.69. The van der Waals surface area contributed by atoms with Crippen LogP contribution in [0.25, 0.3) is 0 Å². The van der Waals surface area contributed by atoms with Gasteiger partial charge < -0.3 is 0 Å². The van der Waals surface area contributed by atoms with Gasteiger partial charge >= 0.3 is 5.69 Å². The molecule has 12 heavy (non-hydrogen) atoms. The Balaban J connectivity index is 3.58. The van der Waals surface area contributed by atoms with Gasteiger partial charge in [0.2, 0.25) is 0 Å². The van der Waals surface area contributed by atoms with Crippen molar-refractivity contribution in [3.05, 3.63) is 32.6 Å². The largest absolute Gasteiger partial charge is 0.329 e. The molecule has 1 aromatic heterocycles. The zero-order valence-corrected chi connectivity index (χ0v) is 6.50. The molecule has 0 atom stereocenters. The van der Waals surface area contributed by atoms with E-state index < -0.39 is 11.2 Å². The first kappa shape index (κ1) is 8.27. The Hall–Kier alpha value is -1.83. The van der Waals surface area contributed by atoms with Gasteiger partial charge in [-0.15, -0.1) is 0 Å². The topological polar surface area (TPSA) is 78.7 Å². The molecule has 0 aliphatic rings. The molecule has 0 unspecified atom stereocenters. The summed E-state index contributed by atoms with van der Waals surface area (Å²) in [6.45, 7) is 2.10. The molecule has 0 radical (unpaired) electrons. The van der Waals surface area contributed by atoms with Crippen LogP contribution in [0.3, 0.4) is 0 Å². The van der Waals surface area contributed by atoms with Crippen molar-refractivity contribution in [3.8, 4) is 6.07 Å². The molecular weight excluding hydrogens is 158 g/mol. The number of rotatable bonds is 1. The molecule has 0 aliphatic carbocycles. The predicted octanol–water partition coefficient (Wildman–Crippen LogP) is -0.572. The van der Waals surface area contributed by atoms with Crippen LogP contribution in [0.4, 0.5) is 0 Å². The Kier molecular flexibility index (Phi) is 2.10. The first-order valence-electron chi connectivity index (χ1n) is 3.43. The highest BCUT2D eigenvalue weighted by atomic mass is 16.2. The monoisotopic (exact) mass is 165 g/mol. The lowest BCUT2D eigenvalue weighted by Gasteiger charge is -2.00. The third kappa shape index (κ3) is 1.27. The number of nitrogens with one attached hydrogen (secondary N) is 1. The van der Waals surface area contributed by atoms with Crippen molar-refractivity contribution in [1.82, 2.24) is 9.55 Å². The molecule has 0 aliphatic heterocycles. The van der Waals surface area contributed by atoms with E-state index in [-0.39, 0.29) is 5.69 Å². The fourth-order valence-electron chi connectivity index (χ4n) is 0.927. The van der Waals surface area contributed by atoms with E-state index in [9.17, 15) is 9.59 Å². The second kappa shape index (κ2) is 3.05. The highest BCUT2D eigenvalue weighted by Crippen LogP contribution is 1.87. The van der Waals surface area contributed by atoms with Crippen LogP contribution in [-0.2, 0) is 6.54 Å². The van der Waals surface area contributed by atoms with E-state index in [1.54, 1.807) is 13.0 Å². The van der Waals surface area contributed by atoms with E-state index in [4.69, 9.17) is 5.26 Å². The summed E-state index contributed by atoms with van der Waals surface area (Å²) in [7, 11) is 0. The first-order valence-corrected chi connectivity index (χ1v) is 3.43. The van der Waals surface area contributed by atoms with Crippen molar-refractivity contribution in [2.24, 2.45) is 0 Å². The molecule has 1 heterocycles. The molecule has 0 amide bonds. The quantitative estimate of drug-likeness (QED) is 0.605. The number of hydrogen-bond acceptors (Lipinski definition) is 3. The van der Waals surface area contributed by atoms with Crippen LogP contribution in [0.15, 0.2) is 15.7 Å². The number of aromatic nitrogens is 2. The molecule has 0 bridgehead atoms. The Morgan fingerprint density at radius 1 is 1.67 bits per heavy atom. The van der Waals surface area contributed by atoms with Crippen molar-refractivity contribution in [1.29, 1.82) is 5.26 Å². The molecule has 0 fully saturated rings. The summed E-state index contributed by atoms with van der Waals surface area (Å²) >= 11 is 0. The van der Waals surface area contributed by atoms with Crippen molar-refractivity contribution in [2.45, 2.75) is 13.5 Å². The predicted molar refractivity (Wildman–Crippen MR) is 41.7 cm³/mol. The van der Waals surface area contributed by atoms with E-state index in [0.717, 1.165) is 6.07 Å². The lowest BCUT2D eigenvalue weighted by Crippen LogP contribution is -2.30. The summed E-state index contributed by atoms with van der Waals surface area (Å²) in [6.07, 6.45) is 0. The Labute approximate surface area is 67.9 Å². The molecule has 0 spiro atoms. The van der Waals surface area contributed by atoms with Gasteiger partial charge in [-0.3, -0.25) is 14.3 Å². The minimum absolute atomic E-state index is 0.0891. The molecule has 62 valence electrons. The summed E-state index contributed by atoms with van der Waals surface area (Å²) in [5, 5.41) is 8.54. The Morgan fingerprint density at radius 3 is 2.83 bits per heavy atom. The normalized spacial score (nSPS) is 9.33. The van der Waals surface area contributed by atoms with Gasteiger partial charge in [0.1, 0.15) is 11.8 Å². The summed E-state index contributed by atoms with van der Waals surface area (Å²) in [5.74, 6) is 0. The van der Waals surface area contributed by atoms with Gasteiger partial charge in [0.05, 0.1) is 0 Å². The minimum Gasteiger partial charge on any atom is -0.285 e. The lowest BCUT2D eigenvalue weighted by molar-refractivity contribution is 0.683. The molecule has 1 N–H and O–H groups in total. The second-order valence-electron chi connectivity index (χ2n) is 2.18. The highest BCUT2D eigenvalue weighted by Gasteiger charge is 2.01. The molecular formula is C7H7N3O2. The number of nitrogens with zero attached hydrogens (tertiary/aromatic N) is 2. The van der Waals surface area contributed by atoms with E-state index in [1.807, 2.05) is 0 Å². The van der Waals surface area contributed by atoms with Crippen LogP contribution in [0.1, 0.15) is 12.6 Å². The maximum absolute atomic E-state index is 11.0. The van der Waals surface area contributed by atoms with E-state index in [0.29, 0.717) is 6.54 Å². The summed E-state index contributed by atoms with van der Waals surface area (Å²) in [6, 6.07) is 2.87. The minimum atomic E-state index is -0.541. The molecule has 0 saturated heterocycles. The van der Waals surface area contributed by atoms with Crippen LogP contribution >= 0.6 is 0 Å². The molecule has 0 aromatic carbocycles. The van der Waals surface area contributed by atoms with Crippen molar-refractivity contribution in [2.75, 3.05) is 0 Å². The second-order valence-corrected chi connectivity index (χ2v) is 2.18. The fraction of sp³-hybridized carbons (Fsp3) is 0.286. The summed E-state index contributed by atoms with van der Waals surface area (Å²) in [5.41, 5.74) is -0.992. The Bertz CT molecular complexity index is 435. The van der Waals surface area contributed by atoms with E-state index in [2.05, 4.69) is 4.98 Å². The molecule has 5 heteroatoms. The van der Waals surface area contributed by atoms with Gasteiger partial charge in [-0.2, -0.15) is 5.26 Å². The zero-order valence-electron chi connectivity index (χ0n) is 6.50. The molecule has 0 saturated carbocycles. The standard InChI is InChI=1S/C7H7N3O2/c1-2-10-5(4-8)3-6(11)9-7(10)12/h3H,2H2,1H3,(H,9,11,12). The van der Waals surface area contributed by atoms with Gasteiger partial charge in [-0.25, -0.2) is 4.79 Å². The zero-order chi connectivity index (χ0) is 9.14. The van der Waals surface area contributed by atoms with Gasteiger partial charge in [-0.05, 0) is 6.92 Å². The smallest absolute Gasteiger partial charge is 0.285 e. The van der Waals surface area contributed by atoms with Gasteiger partial charge in [0.15, 0.2) is 0 Å². The van der Waals surface area contributed by atoms with Gasteiger partial charge in [-0.1, -0.05) is 0 Å². The molecule has 1 aromatic rings. The van der Waals surface area contributed by atoms with Crippen LogP contribution in [0, 0.1) is 11.3 Å². The van der Waals surface area contributed by atoms with Gasteiger partial charge in [0, 0.05) is 12.6 Å². The van der Waals surface area contributed by atoms with Crippen molar-refractivity contribution < 1.29 is 0 Å². The average Bonchev–Trinajstić information content (AvgIpc) is 2.03.